The molecule has 0 radical (unpaired) electrons. The number of nitrogens with zero attached hydrogens (tertiary/aromatic N) is 1. The molecule has 0 unspecified atom stereocenters. The number of anilines is 1. The van der Waals surface area contributed by atoms with Crippen molar-refractivity contribution in [1.82, 2.24) is 4.90 Å². The predicted molar refractivity (Wildman–Crippen MR) is 107 cm³/mol. The highest BCUT2D eigenvalue weighted by Crippen LogP contribution is 2.39. The Labute approximate surface area is 165 Å². The second-order valence-corrected chi connectivity index (χ2v) is 7.38. The first-order chi connectivity index (χ1) is 13.6. The number of hydrogen-bond acceptors (Lipinski definition) is 4. The molecule has 6 heteroatoms. The van der Waals surface area contributed by atoms with Crippen molar-refractivity contribution in [3.05, 3.63) is 48.0 Å². The number of likely N-dealkylation sites (tertiary alicyclic amines) is 1. The van der Waals surface area contributed by atoms with Gasteiger partial charge in [-0.1, -0.05) is 18.2 Å². The van der Waals surface area contributed by atoms with Crippen LogP contribution in [0.5, 0.6) is 17.2 Å². The molecule has 0 aromatic heterocycles. The first-order valence-electron chi connectivity index (χ1n) is 9.67. The average molecular weight is 382 g/mol. The van der Waals surface area contributed by atoms with Crippen LogP contribution < -0.4 is 19.5 Å². The fourth-order valence-corrected chi connectivity index (χ4v) is 4.02. The van der Waals surface area contributed by atoms with Crippen LogP contribution in [-0.4, -0.2) is 43.8 Å². The number of carbonyl (C=O) groups is 1. The van der Waals surface area contributed by atoms with Crippen LogP contribution >= 0.6 is 0 Å². The summed E-state index contributed by atoms with van der Waals surface area (Å²) in [5.41, 5.74) is 1.76. The average Bonchev–Trinajstić information content (AvgIpc) is 2.74. The third kappa shape index (κ3) is 3.59. The molecule has 0 bridgehead atoms. The number of urea groups is 1. The Hall–Kier alpha value is -2.89. The molecule has 0 aliphatic carbocycles. The molecule has 6 nitrogen and oxygen atoms in total. The number of methoxy groups -OCH3 is 2. The lowest BCUT2D eigenvalue weighted by Crippen LogP contribution is -2.52. The van der Waals surface area contributed by atoms with E-state index in [2.05, 4.69) is 17.4 Å². The van der Waals surface area contributed by atoms with E-state index >= 15 is 0 Å². The number of para-hydroxylation sites is 1. The van der Waals surface area contributed by atoms with E-state index < -0.39 is 0 Å². The van der Waals surface area contributed by atoms with Crippen LogP contribution in [0, 0.1) is 0 Å². The second-order valence-electron chi connectivity index (χ2n) is 7.38. The molecule has 0 atom stereocenters. The second kappa shape index (κ2) is 7.62. The molecule has 2 heterocycles. The number of benzene rings is 2. The number of ether oxygens (including phenoxy) is 3. The number of amides is 2. The van der Waals surface area contributed by atoms with Gasteiger partial charge in [-0.15, -0.1) is 0 Å². The van der Waals surface area contributed by atoms with Gasteiger partial charge in [0.2, 0.25) is 0 Å². The first kappa shape index (κ1) is 18.5. The van der Waals surface area contributed by atoms with Crippen molar-refractivity contribution in [3.8, 4) is 17.2 Å². The lowest BCUT2D eigenvalue weighted by molar-refractivity contribution is -0.00435. The molecule has 2 aromatic carbocycles. The van der Waals surface area contributed by atoms with Crippen LogP contribution in [0.15, 0.2) is 42.5 Å². The third-order valence-corrected chi connectivity index (χ3v) is 5.76. The summed E-state index contributed by atoms with van der Waals surface area (Å²) in [5, 5.41) is 2.96. The summed E-state index contributed by atoms with van der Waals surface area (Å²) < 4.78 is 16.9. The summed E-state index contributed by atoms with van der Waals surface area (Å²) in [4.78, 5) is 14.6. The summed E-state index contributed by atoms with van der Waals surface area (Å²) in [7, 11) is 3.18. The third-order valence-electron chi connectivity index (χ3n) is 5.76. The molecule has 1 fully saturated rings. The van der Waals surface area contributed by atoms with Crippen molar-refractivity contribution in [3.63, 3.8) is 0 Å². The fourth-order valence-electron chi connectivity index (χ4n) is 4.02. The van der Waals surface area contributed by atoms with Crippen LogP contribution in [0.3, 0.4) is 0 Å². The molecule has 1 N–H and O–H groups in total. The summed E-state index contributed by atoms with van der Waals surface area (Å²) in [5.74, 6) is 2.26. The van der Waals surface area contributed by atoms with E-state index in [1.807, 2.05) is 17.0 Å². The Morgan fingerprint density at radius 1 is 1.07 bits per heavy atom. The fraction of sp³-hybridized carbons (Fsp3) is 0.409. The van der Waals surface area contributed by atoms with Crippen molar-refractivity contribution in [1.29, 1.82) is 0 Å². The van der Waals surface area contributed by atoms with Crippen LogP contribution in [0.4, 0.5) is 10.5 Å². The number of carbonyl (C=O) groups excluding carboxylic acids is 1. The number of rotatable bonds is 3. The van der Waals surface area contributed by atoms with Crippen molar-refractivity contribution >= 4 is 11.7 Å². The summed E-state index contributed by atoms with van der Waals surface area (Å²) in [6, 6.07) is 13.5. The minimum atomic E-state index is -0.150. The molecule has 1 saturated heterocycles. The van der Waals surface area contributed by atoms with Gasteiger partial charge in [-0.3, -0.25) is 0 Å². The first-order valence-corrected chi connectivity index (χ1v) is 9.67. The van der Waals surface area contributed by atoms with Crippen LogP contribution in [-0.2, 0) is 6.42 Å². The van der Waals surface area contributed by atoms with Crippen LogP contribution in [0.1, 0.15) is 24.8 Å². The Balaban J connectivity index is 1.38. The smallest absolute Gasteiger partial charge is 0.321 e. The zero-order chi connectivity index (χ0) is 19.6. The van der Waals surface area contributed by atoms with Gasteiger partial charge >= 0.3 is 6.03 Å². The molecule has 2 aromatic rings. The van der Waals surface area contributed by atoms with Crippen LogP contribution in [0.25, 0.3) is 0 Å². The van der Waals surface area contributed by atoms with E-state index in [9.17, 15) is 4.79 Å². The van der Waals surface area contributed by atoms with E-state index in [1.165, 1.54) is 5.56 Å². The molecule has 2 amide bonds. The summed E-state index contributed by atoms with van der Waals surface area (Å²) in [6.45, 7) is 1.35. The standard InChI is InChI=1S/C22H26N2O4/c1-26-17-7-8-18(20(15-17)27-2)23-21(25)24-13-11-22(12-14-24)10-9-16-5-3-4-6-19(16)28-22/h3-8,15H,9-14H2,1-2H3,(H,23,25). The highest BCUT2D eigenvalue weighted by molar-refractivity contribution is 5.91. The molecule has 148 valence electrons. The molecule has 28 heavy (non-hydrogen) atoms. The molecule has 4 rings (SSSR count). The monoisotopic (exact) mass is 382 g/mol. The lowest BCUT2D eigenvalue weighted by atomic mass is 9.83. The SMILES string of the molecule is COc1ccc(NC(=O)N2CCC3(CCc4ccccc4O3)CC2)c(OC)c1. The number of aryl methyl sites for hydroxylation is 1. The topological polar surface area (TPSA) is 60.0 Å². The lowest BCUT2D eigenvalue weighted by Gasteiger charge is -2.44. The van der Waals surface area contributed by atoms with Gasteiger partial charge in [0.1, 0.15) is 22.8 Å². The molecule has 2 aliphatic heterocycles. The maximum absolute atomic E-state index is 12.7. The highest BCUT2D eigenvalue weighted by Gasteiger charge is 2.40. The molecule has 2 aliphatic rings. The van der Waals surface area contributed by atoms with Crippen molar-refractivity contribution in [2.75, 3.05) is 32.6 Å². The number of fused-ring (bicyclic) bond motifs is 1. The summed E-state index contributed by atoms with van der Waals surface area (Å²) in [6.07, 6.45) is 3.72. The molecular weight excluding hydrogens is 356 g/mol. The van der Waals surface area contributed by atoms with Crippen molar-refractivity contribution < 1.29 is 19.0 Å². The number of piperidine rings is 1. The van der Waals surface area contributed by atoms with Crippen molar-refractivity contribution in [2.24, 2.45) is 0 Å². The van der Waals surface area contributed by atoms with E-state index in [0.29, 0.717) is 30.3 Å². The van der Waals surface area contributed by atoms with Crippen LogP contribution in [0.2, 0.25) is 0 Å². The van der Waals surface area contributed by atoms with E-state index in [1.54, 1.807) is 32.4 Å². The summed E-state index contributed by atoms with van der Waals surface area (Å²) >= 11 is 0. The zero-order valence-electron chi connectivity index (χ0n) is 16.4. The highest BCUT2D eigenvalue weighted by atomic mass is 16.5. The minimum Gasteiger partial charge on any atom is -0.497 e. The maximum atomic E-state index is 12.7. The van der Waals surface area contributed by atoms with Gasteiger partial charge in [-0.05, 0) is 36.6 Å². The number of nitrogens with one attached hydrogen (secondary N) is 1. The van der Waals surface area contributed by atoms with Gasteiger partial charge in [0.05, 0.1) is 19.9 Å². The zero-order valence-corrected chi connectivity index (χ0v) is 16.4. The molecular formula is C22H26N2O4. The van der Waals surface area contributed by atoms with E-state index in [4.69, 9.17) is 14.2 Å². The Morgan fingerprint density at radius 3 is 2.61 bits per heavy atom. The van der Waals surface area contributed by atoms with Gasteiger partial charge in [-0.25, -0.2) is 4.79 Å². The Morgan fingerprint density at radius 2 is 1.86 bits per heavy atom. The van der Waals surface area contributed by atoms with Gasteiger partial charge < -0.3 is 24.4 Å². The van der Waals surface area contributed by atoms with Crippen molar-refractivity contribution in [2.45, 2.75) is 31.3 Å². The molecule has 0 saturated carbocycles. The van der Waals surface area contributed by atoms with E-state index in [-0.39, 0.29) is 11.6 Å². The largest absolute Gasteiger partial charge is 0.497 e. The maximum Gasteiger partial charge on any atom is 0.321 e. The number of hydrogen-bond donors (Lipinski definition) is 1. The van der Waals surface area contributed by atoms with Gasteiger partial charge in [0, 0.05) is 32.0 Å². The quantitative estimate of drug-likeness (QED) is 0.868. The minimum absolute atomic E-state index is 0.116. The van der Waals surface area contributed by atoms with Gasteiger partial charge in [-0.2, -0.15) is 0 Å². The van der Waals surface area contributed by atoms with Gasteiger partial charge in [0.25, 0.3) is 0 Å². The van der Waals surface area contributed by atoms with E-state index in [0.717, 1.165) is 31.4 Å². The normalized spacial score (nSPS) is 17.4. The van der Waals surface area contributed by atoms with Gasteiger partial charge in [0.15, 0.2) is 0 Å². The predicted octanol–water partition coefficient (Wildman–Crippen LogP) is 4.10. The Kier molecular flexibility index (Phi) is 5.03. The molecule has 1 spiro atoms. The Bertz CT molecular complexity index is 859.